The number of rotatable bonds is 6. The van der Waals surface area contributed by atoms with Gasteiger partial charge in [-0.2, -0.15) is 0 Å². The van der Waals surface area contributed by atoms with E-state index in [-0.39, 0.29) is 11.6 Å². The zero-order chi connectivity index (χ0) is 17.0. The Morgan fingerprint density at radius 1 is 1.18 bits per heavy atom. The number of nitrogens with two attached hydrogens (primary N) is 2. The SMILES string of the molecule is CC(C)C(N)C(=O)N(c1ccc([N+](=O)[O-])cc1)C(C)C(N)=O. The van der Waals surface area contributed by atoms with Crippen molar-refractivity contribution in [2.24, 2.45) is 17.4 Å². The third kappa shape index (κ3) is 3.79. The van der Waals surface area contributed by atoms with Gasteiger partial charge in [-0.05, 0) is 25.0 Å². The van der Waals surface area contributed by atoms with E-state index in [9.17, 15) is 19.7 Å². The van der Waals surface area contributed by atoms with E-state index in [1.54, 1.807) is 13.8 Å². The number of amides is 2. The van der Waals surface area contributed by atoms with Crippen LogP contribution in [-0.4, -0.2) is 28.8 Å². The molecule has 0 aliphatic rings. The summed E-state index contributed by atoms with van der Waals surface area (Å²) in [6.07, 6.45) is 0. The molecule has 2 amide bonds. The van der Waals surface area contributed by atoms with Crippen LogP contribution >= 0.6 is 0 Å². The number of anilines is 1. The van der Waals surface area contributed by atoms with Gasteiger partial charge >= 0.3 is 0 Å². The molecule has 0 aliphatic carbocycles. The van der Waals surface area contributed by atoms with E-state index in [4.69, 9.17) is 11.5 Å². The zero-order valence-electron chi connectivity index (χ0n) is 12.7. The predicted molar refractivity (Wildman–Crippen MR) is 82.1 cm³/mol. The molecule has 0 aliphatic heterocycles. The number of primary amides is 1. The van der Waals surface area contributed by atoms with Crippen LogP contribution in [0.15, 0.2) is 24.3 Å². The third-order valence-corrected chi connectivity index (χ3v) is 3.38. The van der Waals surface area contributed by atoms with Crippen molar-refractivity contribution in [3.05, 3.63) is 34.4 Å². The van der Waals surface area contributed by atoms with Gasteiger partial charge in [0.1, 0.15) is 6.04 Å². The lowest BCUT2D eigenvalue weighted by atomic mass is 10.0. The van der Waals surface area contributed by atoms with Crippen LogP contribution in [0.25, 0.3) is 0 Å². The lowest BCUT2D eigenvalue weighted by Crippen LogP contribution is -2.53. The largest absolute Gasteiger partial charge is 0.368 e. The van der Waals surface area contributed by atoms with Crippen molar-refractivity contribution < 1.29 is 14.5 Å². The van der Waals surface area contributed by atoms with Crippen molar-refractivity contribution in [1.29, 1.82) is 0 Å². The third-order valence-electron chi connectivity index (χ3n) is 3.38. The highest BCUT2D eigenvalue weighted by molar-refractivity contribution is 6.02. The predicted octanol–water partition coefficient (Wildman–Crippen LogP) is 0.785. The maximum absolute atomic E-state index is 12.5. The van der Waals surface area contributed by atoms with Crippen LogP contribution in [-0.2, 0) is 9.59 Å². The highest BCUT2D eigenvalue weighted by atomic mass is 16.6. The Morgan fingerprint density at radius 2 is 1.68 bits per heavy atom. The second kappa shape index (κ2) is 6.99. The molecule has 1 aromatic rings. The number of carbonyl (C=O) groups excluding carboxylic acids is 2. The van der Waals surface area contributed by atoms with Gasteiger partial charge in [0.15, 0.2) is 0 Å². The fraction of sp³-hybridized carbons (Fsp3) is 0.429. The van der Waals surface area contributed by atoms with Gasteiger partial charge in [-0.3, -0.25) is 24.6 Å². The molecule has 1 rings (SSSR count). The van der Waals surface area contributed by atoms with Crippen LogP contribution in [0.5, 0.6) is 0 Å². The number of nitro groups is 1. The van der Waals surface area contributed by atoms with E-state index in [2.05, 4.69) is 0 Å². The molecule has 0 aromatic heterocycles. The Balaban J connectivity index is 3.23. The lowest BCUT2D eigenvalue weighted by molar-refractivity contribution is -0.384. The first-order valence-corrected chi connectivity index (χ1v) is 6.79. The van der Waals surface area contributed by atoms with Gasteiger partial charge < -0.3 is 11.5 Å². The van der Waals surface area contributed by atoms with Crippen LogP contribution in [0.2, 0.25) is 0 Å². The van der Waals surface area contributed by atoms with Gasteiger partial charge in [0.25, 0.3) is 5.69 Å². The highest BCUT2D eigenvalue weighted by Crippen LogP contribution is 2.23. The zero-order valence-corrected chi connectivity index (χ0v) is 12.7. The summed E-state index contributed by atoms with van der Waals surface area (Å²) in [6, 6.07) is 3.57. The molecular formula is C14H20N4O4. The molecule has 0 radical (unpaired) electrons. The van der Waals surface area contributed by atoms with Gasteiger partial charge in [0.05, 0.1) is 11.0 Å². The van der Waals surface area contributed by atoms with Crippen LogP contribution in [0.4, 0.5) is 11.4 Å². The summed E-state index contributed by atoms with van der Waals surface area (Å²) in [7, 11) is 0. The maximum Gasteiger partial charge on any atom is 0.269 e. The average Bonchev–Trinajstić information content (AvgIpc) is 2.46. The van der Waals surface area contributed by atoms with E-state index in [1.165, 1.54) is 36.1 Å². The molecule has 2 atom stereocenters. The molecule has 1 aromatic carbocycles. The minimum atomic E-state index is -0.918. The molecule has 120 valence electrons. The lowest BCUT2D eigenvalue weighted by Gasteiger charge is -2.30. The Morgan fingerprint density at radius 3 is 2.05 bits per heavy atom. The quantitative estimate of drug-likeness (QED) is 0.592. The van der Waals surface area contributed by atoms with Crippen molar-refractivity contribution in [2.75, 3.05) is 4.90 Å². The minimum Gasteiger partial charge on any atom is -0.368 e. The summed E-state index contributed by atoms with van der Waals surface area (Å²) >= 11 is 0. The van der Waals surface area contributed by atoms with Crippen LogP contribution in [0, 0.1) is 16.0 Å². The molecule has 2 unspecified atom stereocenters. The van der Waals surface area contributed by atoms with E-state index in [0.29, 0.717) is 5.69 Å². The number of non-ortho nitro benzene ring substituents is 1. The Kier molecular flexibility index (Phi) is 5.58. The van der Waals surface area contributed by atoms with E-state index >= 15 is 0 Å². The molecule has 0 spiro atoms. The van der Waals surface area contributed by atoms with Gasteiger partial charge in [-0.25, -0.2) is 0 Å². The number of benzene rings is 1. The molecule has 8 heteroatoms. The summed E-state index contributed by atoms with van der Waals surface area (Å²) in [6.45, 7) is 5.05. The monoisotopic (exact) mass is 308 g/mol. The van der Waals surface area contributed by atoms with Crippen molar-refractivity contribution in [3.8, 4) is 0 Å². The van der Waals surface area contributed by atoms with Crippen LogP contribution in [0.3, 0.4) is 0 Å². The number of nitro benzene ring substituents is 1. The molecule has 0 saturated heterocycles. The number of hydrogen-bond donors (Lipinski definition) is 2. The van der Waals surface area contributed by atoms with Gasteiger partial charge in [-0.1, -0.05) is 13.8 Å². The molecule has 0 bridgehead atoms. The Labute approximate surface area is 128 Å². The van der Waals surface area contributed by atoms with Gasteiger partial charge in [0, 0.05) is 17.8 Å². The van der Waals surface area contributed by atoms with E-state index in [0.717, 1.165) is 0 Å². The smallest absolute Gasteiger partial charge is 0.269 e. The number of carbonyl (C=O) groups is 2. The minimum absolute atomic E-state index is 0.115. The van der Waals surface area contributed by atoms with Crippen LogP contribution in [0.1, 0.15) is 20.8 Å². The second-order valence-corrected chi connectivity index (χ2v) is 5.33. The second-order valence-electron chi connectivity index (χ2n) is 5.33. The van der Waals surface area contributed by atoms with Crippen molar-refractivity contribution in [3.63, 3.8) is 0 Å². The highest BCUT2D eigenvalue weighted by Gasteiger charge is 2.31. The van der Waals surface area contributed by atoms with Crippen LogP contribution < -0.4 is 16.4 Å². The van der Waals surface area contributed by atoms with Gasteiger partial charge in [-0.15, -0.1) is 0 Å². The normalized spacial score (nSPS) is 13.5. The summed E-state index contributed by atoms with van der Waals surface area (Å²) < 4.78 is 0. The first-order valence-electron chi connectivity index (χ1n) is 6.79. The Hall–Kier alpha value is -2.48. The molecule has 0 heterocycles. The Bertz CT molecular complexity index is 571. The summed E-state index contributed by atoms with van der Waals surface area (Å²) in [4.78, 5) is 35.3. The van der Waals surface area contributed by atoms with Crippen molar-refractivity contribution in [1.82, 2.24) is 0 Å². The average molecular weight is 308 g/mol. The fourth-order valence-electron chi connectivity index (χ4n) is 1.85. The van der Waals surface area contributed by atoms with E-state index < -0.39 is 28.8 Å². The molecule has 22 heavy (non-hydrogen) atoms. The topological polar surface area (TPSA) is 133 Å². The number of hydrogen-bond acceptors (Lipinski definition) is 5. The molecule has 0 saturated carbocycles. The first-order chi connectivity index (χ1) is 10.2. The molecule has 8 nitrogen and oxygen atoms in total. The standard InChI is InChI=1S/C14H20N4O4/c1-8(2)12(15)14(20)17(9(3)13(16)19)10-4-6-11(7-5-10)18(21)22/h4-9,12H,15H2,1-3H3,(H2,16,19). The molecular weight excluding hydrogens is 288 g/mol. The summed E-state index contributed by atoms with van der Waals surface area (Å²) in [5.41, 5.74) is 11.4. The molecule has 0 fully saturated rings. The van der Waals surface area contributed by atoms with Crippen molar-refractivity contribution >= 4 is 23.2 Å². The number of nitrogens with zero attached hydrogens (tertiary/aromatic N) is 2. The summed E-state index contributed by atoms with van der Waals surface area (Å²) in [5, 5.41) is 10.7. The van der Waals surface area contributed by atoms with Crippen molar-refractivity contribution in [2.45, 2.75) is 32.9 Å². The summed E-state index contributed by atoms with van der Waals surface area (Å²) in [5.74, 6) is -1.29. The maximum atomic E-state index is 12.5. The first kappa shape index (κ1) is 17.6. The molecule has 4 N–H and O–H groups in total. The van der Waals surface area contributed by atoms with E-state index in [1.807, 2.05) is 0 Å². The van der Waals surface area contributed by atoms with Gasteiger partial charge in [0.2, 0.25) is 11.8 Å². The fourth-order valence-corrected chi connectivity index (χ4v) is 1.85.